The number of anilines is 1. The van der Waals surface area contributed by atoms with Gasteiger partial charge in [0.15, 0.2) is 0 Å². The first-order chi connectivity index (χ1) is 9.35. The van der Waals surface area contributed by atoms with Crippen molar-refractivity contribution < 1.29 is 13.2 Å². The van der Waals surface area contributed by atoms with Gasteiger partial charge in [-0.15, -0.1) is 0 Å². The summed E-state index contributed by atoms with van der Waals surface area (Å²) in [5.41, 5.74) is 0.441. The van der Waals surface area contributed by atoms with E-state index in [9.17, 15) is 13.2 Å². The van der Waals surface area contributed by atoms with Crippen molar-refractivity contribution in [2.75, 3.05) is 30.6 Å². The van der Waals surface area contributed by atoms with Gasteiger partial charge in [0.2, 0.25) is 10.0 Å². The minimum absolute atomic E-state index is 0.218. The van der Waals surface area contributed by atoms with E-state index < -0.39 is 10.0 Å². The second kappa shape index (κ2) is 5.99. The van der Waals surface area contributed by atoms with Crippen LogP contribution >= 0.6 is 11.6 Å². The minimum atomic E-state index is -3.45. The molecule has 1 aromatic rings. The molecule has 0 saturated carbocycles. The smallest absolute Gasteiger partial charge is 0.253 e. The average Bonchev–Trinajstić information content (AvgIpc) is 2.27. The molecule has 1 fully saturated rings. The highest BCUT2D eigenvalue weighted by molar-refractivity contribution is 7.92. The van der Waals surface area contributed by atoms with Crippen LogP contribution < -0.4 is 15.4 Å². The van der Waals surface area contributed by atoms with Crippen LogP contribution in [0.15, 0.2) is 18.2 Å². The minimum Gasteiger partial charge on any atom is -0.352 e. The van der Waals surface area contributed by atoms with E-state index in [1.165, 1.54) is 18.2 Å². The zero-order chi connectivity index (χ0) is 14.8. The third-order valence-electron chi connectivity index (χ3n) is 2.94. The Hall–Kier alpha value is -1.31. The Labute approximate surface area is 122 Å². The molecule has 3 N–H and O–H groups in total. The van der Waals surface area contributed by atoms with Crippen LogP contribution in [0.2, 0.25) is 5.02 Å². The number of benzene rings is 1. The van der Waals surface area contributed by atoms with Crippen molar-refractivity contribution in [3.63, 3.8) is 0 Å². The number of hydrogen-bond acceptors (Lipinski definition) is 4. The van der Waals surface area contributed by atoms with Gasteiger partial charge in [0.25, 0.3) is 5.91 Å². The Morgan fingerprint density at radius 3 is 2.70 bits per heavy atom. The number of carbonyl (C=O) groups excluding carboxylic acids is 1. The largest absolute Gasteiger partial charge is 0.352 e. The lowest BCUT2D eigenvalue weighted by Crippen LogP contribution is -2.48. The standard InChI is InChI=1S/C12H16ClN3O3S/c1-20(18,19)16-11-3-2-9(13)4-10(11)12(17)15-7-8-5-14-6-8/h2-4,8,14,16H,5-7H2,1H3,(H,15,17). The maximum atomic E-state index is 12.1. The van der Waals surface area contributed by atoms with Crippen LogP contribution in [-0.4, -0.2) is 40.2 Å². The molecule has 6 nitrogen and oxygen atoms in total. The number of nitrogens with one attached hydrogen (secondary N) is 3. The molecule has 0 unspecified atom stereocenters. The molecule has 20 heavy (non-hydrogen) atoms. The van der Waals surface area contributed by atoms with Gasteiger partial charge in [-0.1, -0.05) is 11.6 Å². The van der Waals surface area contributed by atoms with Gasteiger partial charge in [0, 0.05) is 30.6 Å². The molecule has 0 spiro atoms. The van der Waals surface area contributed by atoms with Crippen LogP contribution in [0.25, 0.3) is 0 Å². The molecule has 1 saturated heterocycles. The fourth-order valence-electron chi connectivity index (χ4n) is 1.82. The molecule has 8 heteroatoms. The summed E-state index contributed by atoms with van der Waals surface area (Å²) in [6, 6.07) is 4.45. The molecule has 1 aliphatic rings. The van der Waals surface area contributed by atoms with Gasteiger partial charge >= 0.3 is 0 Å². The van der Waals surface area contributed by atoms with Crippen LogP contribution in [0.1, 0.15) is 10.4 Å². The normalized spacial score (nSPS) is 15.5. The lowest BCUT2D eigenvalue weighted by Gasteiger charge is -2.27. The molecule has 0 bridgehead atoms. The van der Waals surface area contributed by atoms with Crippen molar-refractivity contribution in [1.29, 1.82) is 0 Å². The Morgan fingerprint density at radius 2 is 2.15 bits per heavy atom. The zero-order valence-corrected chi connectivity index (χ0v) is 12.5. The van der Waals surface area contributed by atoms with Crippen LogP contribution in [0, 0.1) is 5.92 Å². The predicted molar refractivity (Wildman–Crippen MR) is 78.6 cm³/mol. The Bertz CT molecular complexity index is 614. The highest BCUT2D eigenvalue weighted by Crippen LogP contribution is 2.21. The Morgan fingerprint density at radius 1 is 1.45 bits per heavy atom. The zero-order valence-electron chi connectivity index (χ0n) is 10.9. The van der Waals surface area contributed by atoms with E-state index in [1.54, 1.807) is 0 Å². The molecule has 1 aromatic carbocycles. The summed E-state index contributed by atoms with van der Waals surface area (Å²) in [5.74, 6) is 0.0787. The highest BCUT2D eigenvalue weighted by Gasteiger charge is 2.19. The van der Waals surface area contributed by atoms with E-state index in [1.807, 2.05) is 0 Å². The quantitative estimate of drug-likeness (QED) is 0.744. The Kier molecular flexibility index (Phi) is 4.52. The molecule has 0 aromatic heterocycles. The van der Waals surface area contributed by atoms with Crippen LogP contribution in [-0.2, 0) is 10.0 Å². The van der Waals surface area contributed by atoms with Crippen molar-refractivity contribution in [3.05, 3.63) is 28.8 Å². The fourth-order valence-corrected chi connectivity index (χ4v) is 2.57. The van der Waals surface area contributed by atoms with E-state index in [4.69, 9.17) is 11.6 Å². The van der Waals surface area contributed by atoms with Crippen LogP contribution in [0.4, 0.5) is 5.69 Å². The highest BCUT2D eigenvalue weighted by atomic mass is 35.5. The molecular weight excluding hydrogens is 302 g/mol. The SMILES string of the molecule is CS(=O)(=O)Nc1ccc(Cl)cc1C(=O)NCC1CNC1. The molecule has 0 radical (unpaired) electrons. The first kappa shape index (κ1) is 15.1. The molecular formula is C12H16ClN3O3S. The lowest BCUT2D eigenvalue weighted by atomic mass is 10.0. The maximum absolute atomic E-state index is 12.1. The molecule has 1 heterocycles. The lowest BCUT2D eigenvalue weighted by molar-refractivity contribution is 0.0943. The average molecular weight is 318 g/mol. The molecule has 1 aliphatic heterocycles. The third-order valence-corrected chi connectivity index (χ3v) is 3.76. The van der Waals surface area contributed by atoms with Crippen molar-refractivity contribution in [1.82, 2.24) is 10.6 Å². The van der Waals surface area contributed by atoms with E-state index in [0.717, 1.165) is 19.3 Å². The van der Waals surface area contributed by atoms with Gasteiger partial charge in [0.1, 0.15) is 0 Å². The van der Waals surface area contributed by atoms with Crippen molar-refractivity contribution in [2.45, 2.75) is 0 Å². The second-order valence-corrected chi connectivity index (χ2v) is 6.98. The number of amides is 1. The van der Waals surface area contributed by atoms with Crippen molar-refractivity contribution in [2.24, 2.45) is 5.92 Å². The van der Waals surface area contributed by atoms with Gasteiger partial charge in [-0.2, -0.15) is 0 Å². The van der Waals surface area contributed by atoms with Crippen LogP contribution in [0.3, 0.4) is 0 Å². The molecule has 0 aliphatic carbocycles. The monoisotopic (exact) mass is 317 g/mol. The summed E-state index contributed by atoms with van der Waals surface area (Å²) in [6.07, 6.45) is 1.03. The molecule has 1 amide bonds. The topological polar surface area (TPSA) is 87.3 Å². The molecule has 110 valence electrons. The van der Waals surface area contributed by atoms with E-state index in [2.05, 4.69) is 15.4 Å². The number of rotatable bonds is 5. The van der Waals surface area contributed by atoms with Gasteiger partial charge in [-0.05, 0) is 18.2 Å². The third kappa shape index (κ3) is 4.09. The maximum Gasteiger partial charge on any atom is 0.253 e. The molecule has 2 rings (SSSR count). The fraction of sp³-hybridized carbons (Fsp3) is 0.417. The van der Waals surface area contributed by atoms with Gasteiger partial charge < -0.3 is 10.6 Å². The van der Waals surface area contributed by atoms with Gasteiger partial charge in [0.05, 0.1) is 17.5 Å². The van der Waals surface area contributed by atoms with Crippen LogP contribution in [0.5, 0.6) is 0 Å². The van der Waals surface area contributed by atoms with Crippen molar-refractivity contribution >= 4 is 33.2 Å². The summed E-state index contributed by atoms with van der Waals surface area (Å²) in [4.78, 5) is 12.1. The van der Waals surface area contributed by atoms with E-state index >= 15 is 0 Å². The van der Waals surface area contributed by atoms with Gasteiger partial charge in [-0.3, -0.25) is 9.52 Å². The predicted octanol–water partition coefficient (Wildman–Crippen LogP) is 0.661. The number of carbonyl (C=O) groups is 1. The van der Waals surface area contributed by atoms with E-state index in [0.29, 0.717) is 17.5 Å². The first-order valence-electron chi connectivity index (χ1n) is 6.11. The number of hydrogen-bond donors (Lipinski definition) is 3. The summed E-state index contributed by atoms with van der Waals surface area (Å²) >= 11 is 5.87. The number of halogens is 1. The second-order valence-electron chi connectivity index (χ2n) is 4.80. The number of sulfonamides is 1. The van der Waals surface area contributed by atoms with E-state index in [-0.39, 0.29) is 17.2 Å². The summed E-state index contributed by atoms with van der Waals surface area (Å²) in [7, 11) is -3.45. The van der Waals surface area contributed by atoms with Crippen molar-refractivity contribution in [3.8, 4) is 0 Å². The summed E-state index contributed by atoms with van der Waals surface area (Å²) < 4.78 is 24.9. The Balaban J connectivity index is 2.14. The molecule has 0 atom stereocenters. The summed E-state index contributed by atoms with van der Waals surface area (Å²) in [6.45, 7) is 2.31. The van der Waals surface area contributed by atoms with Gasteiger partial charge in [-0.25, -0.2) is 8.42 Å². The summed E-state index contributed by atoms with van der Waals surface area (Å²) in [5, 5.41) is 6.27. The first-order valence-corrected chi connectivity index (χ1v) is 8.38.